The fourth-order valence-corrected chi connectivity index (χ4v) is 2.87. The van der Waals surface area contributed by atoms with E-state index in [1.807, 2.05) is 48.5 Å². The fourth-order valence-electron chi connectivity index (χ4n) is 2.87. The minimum Gasteiger partial charge on any atom is -0.497 e. The summed E-state index contributed by atoms with van der Waals surface area (Å²) in [6.45, 7) is 3.02. The summed E-state index contributed by atoms with van der Waals surface area (Å²) in [6.07, 6.45) is 0.307. The van der Waals surface area contributed by atoms with Crippen molar-refractivity contribution in [3.63, 3.8) is 0 Å². The Morgan fingerprint density at radius 3 is 2.00 bits per heavy atom. The van der Waals surface area contributed by atoms with E-state index in [1.165, 1.54) is 5.56 Å². The molecule has 0 fully saturated rings. The maximum absolute atomic E-state index is 10.5. The van der Waals surface area contributed by atoms with Crippen LogP contribution in [0.1, 0.15) is 12.0 Å². The lowest BCUT2D eigenvalue weighted by Gasteiger charge is -2.25. The first kappa shape index (κ1) is 22.0. The Labute approximate surface area is 167 Å². The largest absolute Gasteiger partial charge is 0.497 e. The Kier molecular flexibility index (Phi) is 9.62. The molecule has 1 unspecified atom stereocenters. The van der Waals surface area contributed by atoms with Gasteiger partial charge < -0.3 is 24.1 Å². The lowest BCUT2D eigenvalue weighted by atomic mass is 10.2. The van der Waals surface area contributed by atoms with Gasteiger partial charge in [0, 0.05) is 33.4 Å². The third-order valence-corrected chi connectivity index (χ3v) is 4.36. The third kappa shape index (κ3) is 7.76. The molecule has 0 heterocycles. The van der Waals surface area contributed by atoms with Gasteiger partial charge in [0.25, 0.3) is 0 Å². The van der Waals surface area contributed by atoms with Gasteiger partial charge in [-0.2, -0.15) is 0 Å². The van der Waals surface area contributed by atoms with Crippen molar-refractivity contribution in [2.75, 3.05) is 47.6 Å². The molecular weight excluding hydrogens is 358 g/mol. The van der Waals surface area contributed by atoms with Crippen LogP contribution >= 0.6 is 0 Å². The number of benzene rings is 2. The van der Waals surface area contributed by atoms with Gasteiger partial charge in [-0.25, -0.2) is 0 Å². The minimum absolute atomic E-state index is 0.232. The van der Waals surface area contributed by atoms with Gasteiger partial charge in [-0.15, -0.1) is 0 Å². The molecule has 0 amide bonds. The van der Waals surface area contributed by atoms with Gasteiger partial charge in [0.1, 0.15) is 30.0 Å². The lowest BCUT2D eigenvalue weighted by molar-refractivity contribution is 0.0617. The van der Waals surface area contributed by atoms with E-state index < -0.39 is 6.10 Å². The van der Waals surface area contributed by atoms with Gasteiger partial charge in [0.15, 0.2) is 0 Å². The molecule has 154 valence electrons. The predicted octanol–water partition coefficient (Wildman–Crippen LogP) is 2.98. The maximum atomic E-state index is 10.5. The standard InChI is InChI=1S/C22H31NO5/c1-25-14-4-13-23(15-18-5-7-20(26-2)8-6-18)16-19(24)17-28-22-11-9-21(27-3)10-12-22/h5-12,19,24H,4,13-17H2,1-3H3. The second-order valence-electron chi connectivity index (χ2n) is 6.57. The molecule has 28 heavy (non-hydrogen) atoms. The van der Waals surface area contributed by atoms with Crippen molar-refractivity contribution in [3.05, 3.63) is 54.1 Å². The zero-order valence-electron chi connectivity index (χ0n) is 17.0. The normalized spacial score (nSPS) is 12.0. The second-order valence-corrected chi connectivity index (χ2v) is 6.57. The summed E-state index contributed by atoms with van der Waals surface area (Å²) in [5.41, 5.74) is 1.17. The van der Waals surface area contributed by atoms with E-state index in [0.29, 0.717) is 18.9 Å². The summed E-state index contributed by atoms with van der Waals surface area (Å²) < 4.78 is 21.2. The van der Waals surface area contributed by atoms with Gasteiger partial charge in [-0.3, -0.25) is 4.90 Å². The molecule has 1 atom stereocenters. The van der Waals surface area contributed by atoms with Crippen LogP contribution in [0.2, 0.25) is 0 Å². The van der Waals surface area contributed by atoms with Crippen LogP contribution in [0.25, 0.3) is 0 Å². The minimum atomic E-state index is -0.595. The van der Waals surface area contributed by atoms with E-state index in [2.05, 4.69) is 4.90 Å². The Bertz CT molecular complexity index is 660. The summed E-state index contributed by atoms with van der Waals surface area (Å²) in [7, 11) is 4.98. The molecule has 0 aliphatic carbocycles. The zero-order valence-corrected chi connectivity index (χ0v) is 17.0. The van der Waals surface area contributed by atoms with Crippen molar-refractivity contribution in [2.24, 2.45) is 0 Å². The summed E-state index contributed by atoms with van der Waals surface area (Å²) in [4.78, 5) is 2.21. The molecule has 2 aromatic carbocycles. The van der Waals surface area contributed by atoms with Crippen molar-refractivity contribution in [2.45, 2.75) is 19.1 Å². The van der Waals surface area contributed by atoms with Crippen LogP contribution in [-0.4, -0.2) is 63.7 Å². The maximum Gasteiger partial charge on any atom is 0.119 e. The Balaban J connectivity index is 1.87. The number of aliphatic hydroxyl groups is 1. The van der Waals surface area contributed by atoms with Crippen molar-refractivity contribution >= 4 is 0 Å². The average molecular weight is 389 g/mol. The van der Waals surface area contributed by atoms with Gasteiger partial charge >= 0.3 is 0 Å². The molecule has 2 aromatic rings. The Morgan fingerprint density at radius 1 is 0.857 bits per heavy atom. The molecule has 6 heteroatoms. The molecule has 0 radical (unpaired) electrons. The monoisotopic (exact) mass is 389 g/mol. The van der Waals surface area contributed by atoms with Gasteiger partial charge in [0.2, 0.25) is 0 Å². The molecule has 0 saturated carbocycles. The molecule has 0 spiro atoms. The Hall–Kier alpha value is -2.28. The number of nitrogens with zero attached hydrogens (tertiary/aromatic N) is 1. The van der Waals surface area contributed by atoms with E-state index in [1.54, 1.807) is 21.3 Å². The van der Waals surface area contributed by atoms with E-state index in [-0.39, 0.29) is 6.61 Å². The first-order valence-corrected chi connectivity index (χ1v) is 9.43. The average Bonchev–Trinajstić information content (AvgIpc) is 2.73. The predicted molar refractivity (Wildman–Crippen MR) is 109 cm³/mol. The van der Waals surface area contributed by atoms with E-state index in [0.717, 1.165) is 31.0 Å². The lowest BCUT2D eigenvalue weighted by Crippen LogP contribution is -2.36. The van der Waals surface area contributed by atoms with Crippen LogP contribution in [0.5, 0.6) is 17.2 Å². The molecule has 6 nitrogen and oxygen atoms in total. The highest BCUT2D eigenvalue weighted by Crippen LogP contribution is 2.17. The highest BCUT2D eigenvalue weighted by molar-refractivity contribution is 5.31. The molecule has 0 aromatic heterocycles. The van der Waals surface area contributed by atoms with Crippen LogP contribution in [0.4, 0.5) is 0 Å². The number of hydrogen-bond acceptors (Lipinski definition) is 6. The highest BCUT2D eigenvalue weighted by atomic mass is 16.5. The number of aliphatic hydroxyl groups excluding tert-OH is 1. The van der Waals surface area contributed by atoms with Gasteiger partial charge in [-0.1, -0.05) is 12.1 Å². The zero-order chi connectivity index (χ0) is 20.2. The number of hydrogen-bond donors (Lipinski definition) is 1. The van der Waals surface area contributed by atoms with Crippen molar-refractivity contribution in [3.8, 4) is 17.2 Å². The molecular formula is C22H31NO5. The molecule has 1 N–H and O–H groups in total. The quantitative estimate of drug-likeness (QED) is 0.532. The summed E-state index contributed by atoms with van der Waals surface area (Å²) in [5.74, 6) is 2.32. The molecule has 0 saturated heterocycles. The molecule has 0 aliphatic heterocycles. The van der Waals surface area contributed by atoms with Crippen LogP contribution in [0.15, 0.2) is 48.5 Å². The molecule has 2 rings (SSSR count). The van der Waals surface area contributed by atoms with E-state index >= 15 is 0 Å². The summed E-state index contributed by atoms with van der Waals surface area (Å²) in [5, 5.41) is 10.5. The highest BCUT2D eigenvalue weighted by Gasteiger charge is 2.13. The number of ether oxygens (including phenoxy) is 4. The van der Waals surface area contributed by atoms with Crippen molar-refractivity contribution < 1.29 is 24.1 Å². The van der Waals surface area contributed by atoms with E-state index in [9.17, 15) is 5.11 Å². The molecule has 0 aliphatic rings. The van der Waals surface area contributed by atoms with E-state index in [4.69, 9.17) is 18.9 Å². The number of rotatable bonds is 13. The van der Waals surface area contributed by atoms with Gasteiger partial charge in [-0.05, 0) is 48.4 Å². The third-order valence-electron chi connectivity index (χ3n) is 4.36. The SMILES string of the molecule is COCCCN(Cc1ccc(OC)cc1)CC(O)COc1ccc(OC)cc1. The van der Waals surface area contributed by atoms with Crippen LogP contribution < -0.4 is 14.2 Å². The second kappa shape index (κ2) is 12.2. The summed E-state index contributed by atoms with van der Waals surface area (Å²) in [6, 6.07) is 15.3. The molecule has 0 bridgehead atoms. The first-order chi connectivity index (χ1) is 13.6. The van der Waals surface area contributed by atoms with Crippen LogP contribution in [0.3, 0.4) is 0 Å². The first-order valence-electron chi connectivity index (χ1n) is 9.43. The smallest absolute Gasteiger partial charge is 0.119 e. The van der Waals surface area contributed by atoms with Crippen molar-refractivity contribution in [1.29, 1.82) is 0 Å². The number of methoxy groups -OCH3 is 3. The van der Waals surface area contributed by atoms with Crippen LogP contribution in [0, 0.1) is 0 Å². The fraction of sp³-hybridized carbons (Fsp3) is 0.455. The van der Waals surface area contributed by atoms with Crippen LogP contribution in [-0.2, 0) is 11.3 Å². The topological polar surface area (TPSA) is 60.4 Å². The Morgan fingerprint density at radius 2 is 1.43 bits per heavy atom. The summed E-state index contributed by atoms with van der Waals surface area (Å²) >= 11 is 0. The van der Waals surface area contributed by atoms with Crippen molar-refractivity contribution in [1.82, 2.24) is 4.90 Å². The van der Waals surface area contributed by atoms with Gasteiger partial charge in [0.05, 0.1) is 14.2 Å².